The molecule has 1 aromatic heterocycles. The first-order chi connectivity index (χ1) is 6.33. The maximum atomic E-state index is 5.66. The highest BCUT2D eigenvalue weighted by atomic mass is 35.5. The summed E-state index contributed by atoms with van der Waals surface area (Å²) in [4.78, 5) is 4.00. The van der Waals surface area contributed by atoms with E-state index in [0.717, 1.165) is 25.3 Å². The first-order valence-corrected chi connectivity index (χ1v) is 5.26. The van der Waals surface area contributed by atoms with E-state index in [4.69, 9.17) is 11.6 Å². The molecule has 0 unspecified atom stereocenters. The van der Waals surface area contributed by atoms with E-state index in [1.807, 2.05) is 18.3 Å². The van der Waals surface area contributed by atoms with E-state index in [1.54, 1.807) is 0 Å². The van der Waals surface area contributed by atoms with Crippen LogP contribution in [0.15, 0.2) is 18.3 Å². The lowest BCUT2D eigenvalue weighted by Crippen LogP contribution is -2.19. The number of thiol groups is 1. The third-order valence-corrected chi connectivity index (χ3v) is 2.11. The zero-order chi connectivity index (χ0) is 9.52. The normalized spacial score (nSPS) is 10.3. The zero-order valence-corrected chi connectivity index (χ0v) is 8.98. The minimum absolute atomic E-state index is 0.548. The van der Waals surface area contributed by atoms with Gasteiger partial charge in [0, 0.05) is 18.5 Å². The van der Waals surface area contributed by atoms with Crippen molar-refractivity contribution < 1.29 is 0 Å². The van der Waals surface area contributed by atoms with Crippen molar-refractivity contribution >= 4 is 24.2 Å². The van der Waals surface area contributed by atoms with Crippen molar-refractivity contribution in [3.8, 4) is 0 Å². The average Bonchev–Trinajstić information content (AvgIpc) is 2.15. The lowest BCUT2D eigenvalue weighted by molar-refractivity contribution is 0.720. The van der Waals surface area contributed by atoms with Crippen molar-refractivity contribution in [2.24, 2.45) is 0 Å². The summed E-state index contributed by atoms with van der Waals surface area (Å²) in [5.74, 6) is 0.874. The van der Waals surface area contributed by atoms with E-state index in [9.17, 15) is 0 Å². The van der Waals surface area contributed by atoms with Crippen molar-refractivity contribution in [2.45, 2.75) is 6.42 Å². The molecule has 4 heteroatoms. The molecule has 1 rings (SSSR count). The van der Waals surface area contributed by atoms with Crippen LogP contribution in [0.25, 0.3) is 0 Å². The van der Waals surface area contributed by atoms with Gasteiger partial charge in [0.15, 0.2) is 0 Å². The van der Waals surface area contributed by atoms with Crippen LogP contribution in [0.4, 0.5) is 0 Å². The molecule has 0 aromatic carbocycles. The Morgan fingerprint density at radius 2 is 2.23 bits per heavy atom. The summed E-state index contributed by atoms with van der Waals surface area (Å²) >= 11 is 9.76. The second kappa shape index (κ2) is 6.24. The lowest BCUT2D eigenvalue weighted by Gasteiger charge is -2.02. The molecule has 0 aliphatic rings. The predicted molar refractivity (Wildman–Crippen MR) is 59.7 cm³/mol. The summed E-state index contributed by atoms with van der Waals surface area (Å²) in [5.41, 5.74) is 1.20. The van der Waals surface area contributed by atoms with Gasteiger partial charge in [-0.25, -0.2) is 4.98 Å². The minimum atomic E-state index is 0.548. The summed E-state index contributed by atoms with van der Waals surface area (Å²) in [7, 11) is 0. The van der Waals surface area contributed by atoms with Gasteiger partial charge in [-0.2, -0.15) is 12.6 Å². The summed E-state index contributed by atoms with van der Waals surface area (Å²) in [6.45, 7) is 1.91. The predicted octanol–water partition coefficient (Wildman–Crippen LogP) is 1.80. The lowest BCUT2D eigenvalue weighted by atomic mass is 10.2. The third-order valence-electron chi connectivity index (χ3n) is 1.67. The fourth-order valence-electron chi connectivity index (χ4n) is 0.991. The van der Waals surface area contributed by atoms with Crippen molar-refractivity contribution in [3.05, 3.63) is 29.0 Å². The number of nitrogens with zero attached hydrogens (tertiary/aromatic N) is 1. The number of pyridine rings is 1. The van der Waals surface area contributed by atoms with Gasteiger partial charge in [-0.05, 0) is 24.6 Å². The van der Waals surface area contributed by atoms with Crippen LogP contribution in [0, 0.1) is 0 Å². The Kier molecular flexibility index (Phi) is 5.20. The monoisotopic (exact) mass is 216 g/mol. The Morgan fingerprint density at radius 3 is 2.85 bits per heavy atom. The van der Waals surface area contributed by atoms with Crippen LogP contribution in [0.1, 0.15) is 5.56 Å². The van der Waals surface area contributed by atoms with Gasteiger partial charge >= 0.3 is 0 Å². The third kappa shape index (κ3) is 4.50. The van der Waals surface area contributed by atoms with Gasteiger partial charge in [0.05, 0.1) is 0 Å². The highest BCUT2D eigenvalue weighted by Crippen LogP contribution is 2.04. The molecular weight excluding hydrogens is 204 g/mol. The number of nitrogens with one attached hydrogen (secondary N) is 1. The molecule has 1 N–H and O–H groups in total. The molecule has 0 radical (unpaired) electrons. The van der Waals surface area contributed by atoms with Crippen molar-refractivity contribution in [2.75, 3.05) is 18.8 Å². The van der Waals surface area contributed by atoms with Crippen molar-refractivity contribution in [1.29, 1.82) is 0 Å². The van der Waals surface area contributed by atoms with Crippen LogP contribution in [-0.2, 0) is 6.42 Å². The fraction of sp³-hybridized carbons (Fsp3) is 0.444. The molecule has 0 fully saturated rings. The van der Waals surface area contributed by atoms with Crippen LogP contribution >= 0.6 is 24.2 Å². The molecule has 0 saturated heterocycles. The molecule has 0 atom stereocenters. The van der Waals surface area contributed by atoms with Crippen LogP contribution in [0.5, 0.6) is 0 Å². The van der Waals surface area contributed by atoms with E-state index in [0.29, 0.717) is 5.15 Å². The van der Waals surface area contributed by atoms with E-state index in [-0.39, 0.29) is 0 Å². The zero-order valence-electron chi connectivity index (χ0n) is 7.33. The van der Waals surface area contributed by atoms with Gasteiger partial charge < -0.3 is 5.32 Å². The molecule has 0 spiro atoms. The maximum absolute atomic E-state index is 5.66. The van der Waals surface area contributed by atoms with Gasteiger partial charge in [0.25, 0.3) is 0 Å². The molecule has 2 nitrogen and oxygen atoms in total. The van der Waals surface area contributed by atoms with Crippen LogP contribution in [0.3, 0.4) is 0 Å². The summed E-state index contributed by atoms with van der Waals surface area (Å²) in [6, 6.07) is 3.81. The van der Waals surface area contributed by atoms with E-state index in [1.165, 1.54) is 5.56 Å². The highest BCUT2D eigenvalue weighted by molar-refractivity contribution is 7.80. The smallest absolute Gasteiger partial charge is 0.129 e. The number of hydrogen-bond acceptors (Lipinski definition) is 3. The first kappa shape index (κ1) is 10.8. The Bertz CT molecular complexity index is 238. The molecule has 1 aromatic rings. The number of rotatable bonds is 5. The number of hydrogen-bond donors (Lipinski definition) is 2. The number of aromatic nitrogens is 1. The highest BCUT2D eigenvalue weighted by Gasteiger charge is 1.93. The Balaban J connectivity index is 2.25. The molecule has 0 bridgehead atoms. The van der Waals surface area contributed by atoms with Gasteiger partial charge in [-0.3, -0.25) is 0 Å². The average molecular weight is 217 g/mol. The fourth-order valence-corrected chi connectivity index (χ4v) is 1.26. The summed E-state index contributed by atoms with van der Waals surface area (Å²) < 4.78 is 0. The van der Waals surface area contributed by atoms with Gasteiger partial charge in [0.1, 0.15) is 5.15 Å². The second-order valence-electron chi connectivity index (χ2n) is 2.71. The topological polar surface area (TPSA) is 24.9 Å². The molecule has 0 aliphatic carbocycles. The van der Waals surface area contributed by atoms with Crippen LogP contribution in [0.2, 0.25) is 5.15 Å². The minimum Gasteiger partial charge on any atom is -0.316 e. The SMILES string of the molecule is SCCNCCc1ccc(Cl)nc1. The number of halogens is 1. The largest absolute Gasteiger partial charge is 0.316 e. The molecule has 0 amide bonds. The standard InChI is InChI=1S/C9H13ClN2S/c10-9-2-1-8(7-12-9)3-4-11-5-6-13/h1-2,7,11,13H,3-6H2. The van der Waals surface area contributed by atoms with E-state index >= 15 is 0 Å². The Morgan fingerprint density at radius 1 is 1.38 bits per heavy atom. The van der Waals surface area contributed by atoms with E-state index in [2.05, 4.69) is 22.9 Å². The molecule has 13 heavy (non-hydrogen) atoms. The maximum Gasteiger partial charge on any atom is 0.129 e. The molecule has 1 heterocycles. The molecule has 72 valence electrons. The van der Waals surface area contributed by atoms with Gasteiger partial charge in [-0.15, -0.1) is 0 Å². The van der Waals surface area contributed by atoms with Gasteiger partial charge in [0.2, 0.25) is 0 Å². The summed E-state index contributed by atoms with van der Waals surface area (Å²) in [6.07, 6.45) is 2.79. The van der Waals surface area contributed by atoms with Gasteiger partial charge in [-0.1, -0.05) is 17.7 Å². The second-order valence-corrected chi connectivity index (χ2v) is 3.55. The van der Waals surface area contributed by atoms with Crippen molar-refractivity contribution in [3.63, 3.8) is 0 Å². The first-order valence-electron chi connectivity index (χ1n) is 4.25. The molecule has 0 saturated carbocycles. The Hall–Kier alpha value is -0.250. The Labute approximate surface area is 89.1 Å². The van der Waals surface area contributed by atoms with E-state index < -0.39 is 0 Å². The molecule has 0 aliphatic heterocycles. The van der Waals surface area contributed by atoms with Crippen molar-refractivity contribution in [1.82, 2.24) is 10.3 Å². The van der Waals surface area contributed by atoms with Crippen LogP contribution < -0.4 is 5.32 Å². The molecular formula is C9H13ClN2S. The quantitative estimate of drug-likeness (QED) is 0.446. The summed E-state index contributed by atoms with van der Waals surface area (Å²) in [5, 5.41) is 3.81. The van der Waals surface area contributed by atoms with Crippen LogP contribution in [-0.4, -0.2) is 23.8 Å².